The summed E-state index contributed by atoms with van der Waals surface area (Å²) in [7, 11) is 1.24. The minimum atomic E-state index is -0.833. The maximum absolute atomic E-state index is 13.3. The number of hydrogen-bond donors (Lipinski definition) is 2. The Morgan fingerprint density at radius 3 is 2.51 bits per heavy atom. The maximum atomic E-state index is 13.3. The van der Waals surface area contributed by atoms with Crippen LogP contribution in [-0.2, 0) is 9.53 Å². The quantitative estimate of drug-likeness (QED) is 0.493. The highest BCUT2D eigenvalue weighted by Crippen LogP contribution is 2.36. The van der Waals surface area contributed by atoms with Crippen LogP contribution in [0.1, 0.15) is 55.9 Å². The standard InChI is InChI=1S/C27H36N4O6/c1-17(2)31-24-7-5-4-6-18(24)12-23(26(31)35)25(34)28-19-13-20-8-9-21(14-19)30(20)16-22(33)15-29(10-11-32)27(36)37-3/h4-7,11-12,17,19-22,33H,8-10,13-16H2,1-3H3,(H,28,34)/t19?,20-,21+,22?. The molecule has 2 aromatic rings. The first-order valence-corrected chi connectivity index (χ1v) is 12.9. The number of amides is 2. The van der Waals surface area contributed by atoms with E-state index in [4.69, 9.17) is 0 Å². The summed E-state index contributed by atoms with van der Waals surface area (Å²) in [6.45, 7) is 4.09. The van der Waals surface area contributed by atoms with E-state index < -0.39 is 12.2 Å². The molecular formula is C27H36N4O6. The van der Waals surface area contributed by atoms with E-state index in [1.807, 2.05) is 38.1 Å². The van der Waals surface area contributed by atoms with E-state index in [-0.39, 0.29) is 54.3 Å². The van der Waals surface area contributed by atoms with Crippen LogP contribution < -0.4 is 10.9 Å². The fourth-order valence-electron chi connectivity index (χ4n) is 5.91. The van der Waals surface area contributed by atoms with Gasteiger partial charge in [0.05, 0.1) is 31.8 Å². The van der Waals surface area contributed by atoms with Crippen molar-refractivity contribution in [3.05, 3.63) is 46.2 Å². The molecule has 200 valence electrons. The number of aromatic nitrogens is 1. The minimum Gasteiger partial charge on any atom is -0.453 e. The fourth-order valence-corrected chi connectivity index (χ4v) is 5.91. The predicted octanol–water partition coefficient (Wildman–Crippen LogP) is 1.94. The number of aliphatic hydroxyl groups excluding tert-OH is 1. The van der Waals surface area contributed by atoms with Crippen LogP contribution in [0.5, 0.6) is 0 Å². The van der Waals surface area contributed by atoms with Crippen LogP contribution in [0, 0.1) is 0 Å². The van der Waals surface area contributed by atoms with E-state index in [9.17, 15) is 24.3 Å². The van der Waals surface area contributed by atoms with Gasteiger partial charge in [-0.3, -0.25) is 19.4 Å². The normalized spacial score (nSPS) is 22.1. The highest BCUT2D eigenvalue weighted by atomic mass is 16.5. The molecule has 2 saturated heterocycles. The molecule has 1 aromatic heterocycles. The zero-order valence-corrected chi connectivity index (χ0v) is 21.6. The molecule has 0 saturated carbocycles. The molecule has 2 aliphatic heterocycles. The number of fused-ring (bicyclic) bond motifs is 3. The van der Waals surface area contributed by atoms with Gasteiger partial charge >= 0.3 is 6.09 Å². The van der Waals surface area contributed by atoms with Crippen LogP contribution >= 0.6 is 0 Å². The number of aliphatic hydroxyl groups is 1. The maximum Gasteiger partial charge on any atom is 0.409 e. The summed E-state index contributed by atoms with van der Waals surface area (Å²) in [5.41, 5.74) is 0.666. The van der Waals surface area contributed by atoms with E-state index in [2.05, 4.69) is 15.0 Å². The van der Waals surface area contributed by atoms with E-state index in [1.165, 1.54) is 12.0 Å². The number of pyridine rings is 1. The monoisotopic (exact) mass is 512 g/mol. The molecule has 2 fully saturated rings. The topological polar surface area (TPSA) is 121 Å². The van der Waals surface area contributed by atoms with Crippen LogP contribution in [0.15, 0.2) is 35.1 Å². The fraction of sp³-hybridized carbons (Fsp3) is 0.556. The van der Waals surface area contributed by atoms with Crippen LogP contribution in [-0.4, -0.2) is 88.7 Å². The number of ether oxygens (including phenoxy) is 1. The second-order valence-corrected chi connectivity index (χ2v) is 10.3. The van der Waals surface area contributed by atoms with Gasteiger partial charge in [0.15, 0.2) is 0 Å². The Balaban J connectivity index is 1.42. The molecular weight excluding hydrogens is 476 g/mol. The van der Waals surface area contributed by atoms with Gasteiger partial charge in [-0.25, -0.2) is 4.79 Å². The third-order valence-corrected chi connectivity index (χ3v) is 7.51. The Kier molecular flexibility index (Phi) is 8.29. The molecule has 4 rings (SSSR count). The van der Waals surface area contributed by atoms with E-state index >= 15 is 0 Å². The molecule has 2 unspecified atom stereocenters. The molecule has 0 radical (unpaired) electrons. The number of hydrogen-bond acceptors (Lipinski definition) is 7. The molecule has 2 amide bonds. The van der Waals surface area contributed by atoms with E-state index in [1.54, 1.807) is 10.6 Å². The Bertz CT molecular complexity index is 1200. The van der Waals surface area contributed by atoms with Crippen molar-refractivity contribution in [2.75, 3.05) is 26.7 Å². The average Bonchev–Trinajstić information content (AvgIpc) is 3.09. The molecule has 2 bridgehead atoms. The van der Waals surface area contributed by atoms with Gasteiger partial charge in [-0.1, -0.05) is 18.2 Å². The van der Waals surface area contributed by atoms with Crippen LogP contribution in [0.4, 0.5) is 4.79 Å². The zero-order chi connectivity index (χ0) is 26.7. The lowest BCUT2D eigenvalue weighted by atomic mass is 9.96. The zero-order valence-electron chi connectivity index (χ0n) is 21.6. The molecule has 2 aliphatic rings. The molecule has 2 N–H and O–H groups in total. The lowest BCUT2D eigenvalue weighted by Gasteiger charge is -2.40. The van der Waals surface area contributed by atoms with Crippen LogP contribution in [0.25, 0.3) is 10.9 Å². The minimum absolute atomic E-state index is 0.00556. The Labute approximate surface area is 216 Å². The van der Waals surface area contributed by atoms with E-state index in [0.29, 0.717) is 12.8 Å². The first kappa shape index (κ1) is 26.8. The first-order valence-electron chi connectivity index (χ1n) is 12.9. The summed E-state index contributed by atoms with van der Waals surface area (Å²) in [6.07, 6.45) is 2.46. The molecule has 0 spiro atoms. The van der Waals surface area contributed by atoms with Crippen molar-refractivity contribution in [2.24, 2.45) is 0 Å². The van der Waals surface area contributed by atoms with Crippen LogP contribution in [0.2, 0.25) is 0 Å². The van der Waals surface area contributed by atoms with Gasteiger partial charge in [0, 0.05) is 30.7 Å². The van der Waals surface area contributed by atoms with Gasteiger partial charge in [-0.2, -0.15) is 0 Å². The van der Waals surface area contributed by atoms with Crippen molar-refractivity contribution in [3.8, 4) is 0 Å². The Morgan fingerprint density at radius 2 is 1.89 bits per heavy atom. The molecule has 10 nitrogen and oxygen atoms in total. The lowest BCUT2D eigenvalue weighted by Crippen LogP contribution is -2.53. The van der Waals surface area contributed by atoms with Crippen molar-refractivity contribution in [1.29, 1.82) is 0 Å². The second kappa shape index (κ2) is 11.4. The van der Waals surface area contributed by atoms with Crippen molar-refractivity contribution >= 4 is 29.2 Å². The van der Waals surface area contributed by atoms with Crippen molar-refractivity contribution in [3.63, 3.8) is 0 Å². The molecule has 4 atom stereocenters. The number of carbonyl (C=O) groups excluding carboxylic acids is 3. The Hall–Kier alpha value is -3.24. The van der Waals surface area contributed by atoms with Crippen molar-refractivity contribution < 1.29 is 24.2 Å². The largest absolute Gasteiger partial charge is 0.453 e. The summed E-state index contributed by atoms with van der Waals surface area (Å²) in [5.74, 6) is -0.356. The second-order valence-electron chi connectivity index (χ2n) is 10.3. The molecule has 3 heterocycles. The number of carbonyl (C=O) groups is 3. The molecule has 1 aromatic carbocycles. The predicted molar refractivity (Wildman–Crippen MR) is 139 cm³/mol. The van der Waals surface area contributed by atoms with Gasteiger partial charge in [0.25, 0.3) is 11.5 Å². The summed E-state index contributed by atoms with van der Waals surface area (Å²) in [4.78, 5) is 52.7. The number of para-hydroxylation sites is 1. The van der Waals surface area contributed by atoms with Gasteiger partial charge < -0.3 is 24.5 Å². The SMILES string of the molecule is COC(=O)N(CC=O)CC(O)CN1[C@@H]2CC[C@H]1CC(NC(=O)c1cc3ccccc3n(C(C)C)c1=O)C2. The summed E-state index contributed by atoms with van der Waals surface area (Å²) in [6, 6.07) is 9.46. The van der Waals surface area contributed by atoms with Gasteiger partial charge in [-0.15, -0.1) is 0 Å². The molecule has 37 heavy (non-hydrogen) atoms. The number of piperidine rings is 1. The number of methoxy groups -OCH3 is 1. The summed E-state index contributed by atoms with van der Waals surface area (Å²) >= 11 is 0. The summed E-state index contributed by atoms with van der Waals surface area (Å²) in [5, 5.41) is 14.6. The smallest absolute Gasteiger partial charge is 0.409 e. The molecule has 10 heteroatoms. The van der Waals surface area contributed by atoms with E-state index in [0.717, 1.165) is 36.6 Å². The lowest BCUT2D eigenvalue weighted by molar-refractivity contribution is -0.108. The number of aldehydes is 1. The third-order valence-electron chi connectivity index (χ3n) is 7.51. The average molecular weight is 513 g/mol. The summed E-state index contributed by atoms with van der Waals surface area (Å²) < 4.78 is 6.36. The Morgan fingerprint density at radius 1 is 1.22 bits per heavy atom. The first-order chi connectivity index (χ1) is 17.7. The number of nitrogens with one attached hydrogen (secondary N) is 1. The number of rotatable bonds is 9. The third kappa shape index (κ3) is 5.70. The van der Waals surface area contributed by atoms with Gasteiger partial charge in [-0.05, 0) is 57.0 Å². The van der Waals surface area contributed by atoms with Crippen molar-refractivity contribution in [1.82, 2.24) is 19.7 Å². The highest BCUT2D eigenvalue weighted by molar-refractivity contribution is 5.97. The van der Waals surface area contributed by atoms with Gasteiger partial charge in [0.1, 0.15) is 11.8 Å². The van der Waals surface area contributed by atoms with Crippen LogP contribution in [0.3, 0.4) is 0 Å². The van der Waals surface area contributed by atoms with Gasteiger partial charge in [0.2, 0.25) is 0 Å². The molecule has 0 aliphatic carbocycles. The number of nitrogens with zero attached hydrogens (tertiary/aromatic N) is 3. The highest BCUT2D eigenvalue weighted by Gasteiger charge is 2.42. The number of benzene rings is 1. The van der Waals surface area contributed by atoms with Crippen molar-refractivity contribution in [2.45, 2.75) is 69.8 Å².